The van der Waals surface area contributed by atoms with E-state index in [0.717, 1.165) is 18.5 Å². The summed E-state index contributed by atoms with van der Waals surface area (Å²) >= 11 is 7.05. The van der Waals surface area contributed by atoms with Crippen molar-refractivity contribution in [2.45, 2.75) is 52.5 Å². The number of rotatable bonds is 11. The predicted molar refractivity (Wildman–Crippen MR) is 104 cm³/mol. The second-order valence-electron chi connectivity index (χ2n) is 5.95. The van der Waals surface area contributed by atoms with Gasteiger partial charge in [-0.3, -0.25) is 0 Å². The molecule has 0 heterocycles. The molecule has 0 saturated carbocycles. The Hall–Kier alpha value is 0.0869. The number of hydrogen-bond acceptors (Lipinski definition) is 5. The van der Waals surface area contributed by atoms with E-state index < -0.39 is 20.9 Å². The Morgan fingerprint density at radius 2 is 1.46 bits per heavy atom. The molecule has 9 heteroatoms. The van der Waals surface area contributed by atoms with E-state index in [1.54, 1.807) is 0 Å². The van der Waals surface area contributed by atoms with Crippen molar-refractivity contribution < 1.29 is 22.8 Å². The van der Waals surface area contributed by atoms with Gasteiger partial charge < -0.3 is 0 Å². The third kappa shape index (κ3) is 4.83. The van der Waals surface area contributed by atoms with Gasteiger partial charge in [0.25, 0.3) is 0 Å². The van der Waals surface area contributed by atoms with Gasteiger partial charge in [0.05, 0.1) is 0 Å². The molecule has 0 bridgehead atoms. The van der Waals surface area contributed by atoms with Crippen molar-refractivity contribution in [2.75, 3.05) is 39.8 Å². The summed E-state index contributed by atoms with van der Waals surface area (Å²) in [6.07, 6.45) is 2.59. The Kier molecular flexibility index (Phi) is 9.73. The van der Waals surface area contributed by atoms with E-state index in [9.17, 15) is 4.79 Å². The second kappa shape index (κ2) is 9.69. The zero-order chi connectivity index (χ0) is 19.0. The molecule has 2 atom stereocenters. The van der Waals surface area contributed by atoms with Crippen LogP contribution in [0, 0.1) is 0 Å². The fourth-order valence-electron chi connectivity index (χ4n) is 3.02. The van der Waals surface area contributed by atoms with Crippen LogP contribution in [0.2, 0.25) is 0 Å². The number of amides is 1. The summed E-state index contributed by atoms with van der Waals surface area (Å²) in [5.74, 6) is -2.91. The fourth-order valence-corrected chi connectivity index (χ4v) is 8.53. The third-order valence-electron chi connectivity index (χ3n) is 5.41. The zero-order valence-corrected chi connectivity index (χ0v) is 19.0. The molecule has 6 nitrogen and oxygen atoms in total. The van der Waals surface area contributed by atoms with Gasteiger partial charge in [-0.05, 0) is 0 Å². The van der Waals surface area contributed by atoms with Crippen molar-refractivity contribution in [3.05, 3.63) is 0 Å². The monoisotopic (exact) mass is 403 g/mol. The van der Waals surface area contributed by atoms with Crippen LogP contribution in [0.25, 0.3) is 0 Å². The van der Waals surface area contributed by atoms with Gasteiger partial charge >= 0.3 is 153 Å². The summed E-state index contributed by atoms with van der Waals surface area (Å²) < 4.78 is 22.0. The Balaban J connectivity index is 5.19. The van der Waals surface area contributed by atoms with E-state index in [4.69, 9.17) is 29.3 Å². The molecule has 1 N–H and O–H groups in total. The maximum absolute atomic E-state index is 12.4. The molecule has 0 aliphatic heterocycles. The number of carbonyl (C=O) groups excluding carboxylic acids is 1. The summed E-state index contributed by atoms with van der Waals surface area (Å²) in [5, 5.41) is 2.84. The van der Waals surface area contributed by atoms with Crippen molar-refractivity contribution in [2.24, 2.45) is 0 Å². The van der Waals surface area contributed by atoms with Crippen LogP contribution in [-0.2, 0) is 18.0 Å². The number of alkyl carbamates (subject to hydrolysis) is 1. The van der Waals surface area contributed by atoms with Crippen molar-refractivity contribution in [1.82, 2.24) is 5.32 Å². The number of halogens is 1. The van der Waals surface area contributed by atoms with Crippen LogP contribution in [0.5, 0.6) is 0 Å². The van der Waals surface area contributed by atoms with Crippen LogP contribution in [0.15, 0.2) is 0 Å². The number of hydrogen-bond donors (Lipinski definition) is 1. The van der Waals surface area contributed by atoms with Gasteiger partial charge in [-0.15, -0.1) is 0 Å². The molecule has 0 aromatic rings. The minimum absolute atomic E-state index is 0.320. The molecule has 0 aliphatic rings. The first kappa shape index (κ1) is 24.1. The first-order valence-corrected chi connectivity index (χ1v) is 14.1. The van der Waals surface area contributed by atoms with Gasteiger partial charge in [0, 0.05) is 0 Å². The summed E-state index contributed by atoms with van der Waals surface area (Å²) in [5.41, 5.74) is -0.386. The summed E-state index contributed by atoms with van der Waals surface area (Å²) in [6, 6.07) is 0. The van der Waals surface area contributed by atoms with Gasteiger partial charge in [-0.1, -0.05) is 0 Å². The predicted octanol–water partition coefficient (Wildman–Crippen LogP) is 4.02. The first-order chi connectivity index (χ1) is 11.1. The Morgan fingerprint density at radius 1 is 1.04 bits per heavy atom. The number of ether oxygens (including phenoxy) is 1. The molecule has 2 unspecified atom stereocenters. The SMILES string of the molecule is CCC(NC(=O)OC(C)P(Cl)(CC)(CC)CC)[Si](OC)(OC)OC. The van der Waals surface area contributed by atoms with Gasteiger partial charge in [0.15, 0.2) is 0 Å². The Labute approximate surface area is 153 Å². The van der Waals surface area contributed by atoms with Gasteiger partial charge in [-0.25, -0.2) is 0 Å². The second-order valence-corrected chi connectivity index (χ2v) is 17.8. The van der Waals surface area contributed by atoms with E-state index in [2.05, 4.69) is 26.1 Å². The maximum atomic E-state index is 12.4. The molecule has 0 aromatic heterocycles. The molecule has 0 spiro atoms. The van der Waals surface area contributed by atoms with Gasteiger partial charge in [0.1, 0.15) is 0 Å². The van der Waals surface area contributed by atoms with Gasteiger partial charge in [0.2, 0.25) is 0 Å². The van der Waals surface area contributed by atoms with Crippen LogP contribution in [0.3, 0.4) is 0 Å². The number of carbonyl (C=O) groups is 1. The van der Waals surface area contributed by atoms with E-state index in [-0.39, 0.29) is 11.5 Å². The van der Waals surface area contributed by atoms with E-state index in [1.807, 2.05) is 13.8 Å². The van der Waals surface area contributed by atoms with E-state index in [0.29, 0.717) is 6.42 Å². The Bertz CT molecular complexity index is 382. The van der Waals surface area contributed by atoms with Crippen molar-refractivity contribution in [3.8, 4) is 0 Å². The van der Waals surface area contributed by atoms with Crippen LogP contribution < -0.4 is 5.32 Å². The molecule has 0 saturated heterocycles. The molecule has 1 amide bonds. The van der Waals surface area contributed by atoms with Gasteiger partial charge in [-0.2, -0.15) is 0 Å². The quantitative estimate of drug-likeness (QED) is 0.417. The molecular weight excluding hydrogens is 369 g/mol. The average molecular weight is 404 g/mol. The molecule has 0 rings (SSSR count). The van der Waals surface area contributed by atoms with Crippen molar-refractivity contribution in [1.29, 1.82) is 0 Å². The minimum atomic E-state index is -2.98. The zero-order valence-electron chi connectivity index (χ0n) is 16.3. The van der Waals surface area contributed by atoms with Crippen molar-refractivity contribution in [3.63, 3.8) is 0 Å². The molecule has 0 aromatic carbocycles. The fraction of sp³-hybridized carbons (Fsp3) is 0.933. The third-order valence-corrected chi connectivity index (χ3v) is 17.9. The number of nitrogens with one attached hydrogen (secondary N) is 1. The molecular formula is C15H35ClNO5PSi. The molecule has 146 valence electrons. The van der Waals surface area contributed by atoms with E-state index in [1.165, 1.54) is 21.3 Å². The molecule has 0 radical (unpaired) electrons. The van der Waals surface area contributed by atoms with Crippen molar-refractivity contribution >= 4 is 32.1 Å². The topological polar surface area (TPSA) is 66.0 Å². The summed E-state index contributed by atoms with van der Waals surface area (Å²) in [4.78, 5) is 12.4. The normalized spacial score (nSPS) is 16.8. The molecule has 0 aliphatic carbocycles. The first-order valence-electron chi connectivity index (χ1n) is 8.50. The van der Waals surface area contributed by atoms with E-state index >= 15 is 0 Å². The van der Waals surface area contributed by atoms with Crippen LogP contribution in [-0.4, -0.2) is 66.2 Å². The van der Waals surface area contributed by atoms with Crippen LogP contribution in [0.4, 0.5) is 4.79 Å². The van der Waals surface area contributed by atoms with Crippen LogP contribution >= 0.6 is 17.2 Å². The summed E-state index contributed by atoms with van der Waals surface area (Å²) in [7, 11) is 1.58. The molecule has 0 fully saturated rings. The summed E-state index contributed by atoms with van der Waals surface area (Å²) in [6.45, 7) is 10.0. The average Bonchev–Trinajstić information content (AvgIpc) is 2.61. The van der Waals surface area contributed by atoms with Crippen LogP contribution in [0.1, 0.15) is 41.0 Å². The Morgan fingerprint density at radius 3 is 1.75 bits per heavy atom. The standard InChI is InChI=1S/C15H35ClNO5PSi/c1-9-14(24(19-6,20-7)21-8)17-15(18)22-13(5)23(16,10-2,11-3)12-4/h13-14H,9-12H2,1-8H3,(H,17,18). The molecule has 24 heavy (non-hydrogen) atoms.